The molecule has 22 heavy (non-hydrogen) atoms. The molecule has 1 rings (SSSR count). The second kappa shape index (κ2) is 8.73. The van der Waals surface area contributed by atoms with Gasteiger partial charge in [0.25, 0.3) is 0 Å². The van der Waals surface area contributed by atoms with E-state index in [1.807, 2.05) is 0 Å². The summed E-state index contributed by atoms with van der Waals surface area (Å²) in [5.74, 6) is 0.233. The molecule has 0 aliphatic rings. The average molecular weight is 311 g/mol. The lowest BCUT2D eigenvalue weighted by atomic mass is 9.98. The zero-order chi connectivity index (χ0) is 16.6. The first-order valence-electron chi connectivity index (χ1n) is 7.65. The molecule has 0 amide bonds. The van der Waals surface area contributed by atoms with Crippen LogP contribution in [0.3, 0.4) is 0 Å². The fraction of sp³-hybridized carbons (Fsp3) is 0.588. The number of carbonyl (C=O) groups excluding carboxylic acids is 1. The lowest BCUT2D eigenvalue weighted by molar-refractivity contribution is -0.161. The molecule has 1 atom stereocenters. The van der Waals surface area contributed by atoms with Gasteiger partial charge in [-0.15, -0.1) is 5.48 Å². The molecular formula is C17H26FNO3. The number of halogens is 1. The number of rotatable bonds is 8. The van der Waals surface area contributed by atoms with E-state index in [2.05, 4.69) is 12.4 Å². The number of ether oxygens (including phenoxy) is 1. The van der Waals surface area contributed by atoms with E-state index in [1.165, 1.54) is 0 Å². The number of carbonyl (C=O) groups is 1. The molecule has 0 heterocycles. The van der Waals surface area contributed by atoms with Crippen LogP contribution >= 0.6 is 0 Å². The largest absolute Gasteiger partial charge is 0.494 e. The lowest BCUT2D eigenvalue weighted by Gasteiger charge is -2.17. The molecule has 0 bridgehead atoms. The minimum atomic E-state index is -1.28. The van der Waals surface area contributed by atoms with Crippen LogP contribution in [0.4, 0.5) is 4.39 Å². The molecule has 5 heteroatoms. The van der Waals surface area contributed by atoms with Gasteiger partial charge in [-0.3, -0.25) is 0 Å². The molecule has 1 aromatic carbocycles. The van der Waals surface area contributed by atoms with Gasteiger partial charge in [0.05, 0.1) is 18.6 Å². The van der Waals surface area contributed by atoms with Crippen LogP contribution in [0.25, 0.3) is 0 Å². The summed E-state index contributed by atoms with van der Waals surface area (Å²) in [5, 5.41) is 0. The summed E-state index contributed by atoms with van der Waals surface area (Å²) in [6.07, 6.45) is 0.740. The Morgan fingerprint density at radius 1 is 1.36 bits per heavy atom. The Morgan fingerprint density at radius 2 is 2.09 bits per heavy atom. The zero-order valence-electron chi connectivity index (χ0n) is 13.8. The summed E-state index contributed by atoms with van der Waals surface area (Å²) in [5.41, 5.74) is 2.27. The molecule has 0 aromatic heterocycles. The average Bonchev–Trinajstić information content (AvgIpc) is 2.46. The molecule has 0 saturated heterocycles. The van der Waals surface area contributed by atoms with Crippen LogP contribution < -0.4 is 10.2 Å². The first kappa shape index (κ1) is 18.4. The summed E-state index contributed by atoms with van der Waals surface area (Å²) in [4.78, 5) is 16.4. The van der Waals surface area contributed by atoms with E-state index in [1.54, 1.807) is 45.0 Å². The Balaban J connectivity index is 2.46. The Hall–Kier alpha value is -1.62. The van der Waals surface area contributed by atoms with Gasteiger partial charge < -0.3 is 9.57 Å². The molecule has 0 aliphatic heterocycles. The van der Waals surface area contributed by atoms with Gasteiger partial charge in [0.15, 0.2) is 0 Å². The predicted octanol–water partition coefficient (Wildman–Crippen LogP) is 3.97. The van der Waals surface area contributed by atoms with E-state index in [0.717, 1.165) is 12.8 Å². The minimum Gasteiger partial charge on any atom is -0.494 e. The minimum absolute atomic E-state index is 0.0970. The molecule has 124 valence electrons. The third-order valence-electron chi connectivity index (χ3n) is 3.03. The summed E-state index contributed by atoms with van der Waals surface area (Å²) in [7, 11) is 0. The van der Waals surface area contributed by atoms with Crippen molar-refractivity contribution in [3.05, 3.63) is 29.8 Å². The molecule has 4 nitrogen and oxygen atoms in total. The van der Waals surface area contributed by atoms with Gasteiger partial charge in [0.1, 0.15) is 11.9 Å². The van der Waals surface area contributed by atoms with Crippen molar-refractivity contribution in [2.24, 2.45) is 5.41 Å². The maximum atomic E-state index is 14.1. The summed E-state index contributed by atoms with van der Waals surface area (Å²) >= 11 is 0. The van der Waals surface area contributed by atoms with Crippen LogP contribution in [0.2, 0.25) is 0 Å². The van der Waals surface area contributed by atoms with Crippen molar-refractivity contribution in [1.29, 1.82) is 0 Å². The third-order valence-corrected chi connectivity index (χ3v) is 3.03. The van der Waals surface area contributed by atoms with Crippen molar-refractivity contribution in [2.75, 3.05) is 13.2 Å². The van der Waals surface area contributed by atoms with Crippen LogP contribution in [0.1, 0.15) is 52.3 Å². The van der Waals surface area contributed by atoms with Crippen molar-refractivity contribution in [2.45, 2.75) is 46.7 Å². The van der Waals surface area contributed by atoms with E-state index < -0.39 is 17.6 Å². The summed E-state index contributed by atoms with van der Waals surface area (Å²) in [6.45, 7) is 7.82. The summed E-state index contributed by atoms with van der Waals surface area (Å²) in [6, 6.07) is 6.92. The first-order valence-corrected chi connectivity index (χ1v) is 7.65. The molecule has 0 fully saturated rings. The standard InChI is InChI=1S/C17H26FNO3/c1-5-6-10-21-14-9-7-8-13(11-14)15(18)12-19-22-16(20)17(2,3)4/h7-9,11,15,19H,5-6,10,12H2,1-4H3. The lowest BCUT2D eigenvalue weighted by Crippen LogP contribution is -2.31. The van der Waals surface area contributed by atoms with Crippen LogP contribution in [-0.2, 0) is 9.63 Å². The van der Waals surface area contributed by atoms with Crippen LogP contribution in [0.15, 0.2) is 24.3 Å². The molecule has 0 spiro atoms. The highest BCUT2D eigenvalue weighted by atomic mass is 19.1. The highest BCUT2D eigenvalue weighted by Crippen LogP contribution is 2.22. The zero-order valence-corrected chi connectivity index (χ0v) is 13.8. The van der Waals surface area contributed by atoms with Crippen molar-refractivity contribution in [3.63, 3.8) is 0 Å². The topological polar surface area (TPSA) is 47.6 Å². The number of nitrogens with one attached hydrogen (secondary N) is 1. The molecule has 1 aromatic rings. The fourth-order valence-corrected chi connectivity index (χ4v) is 1.58. The van der Waals surface area contributed by atoms with Crippen molar-refractivity contribution >= 4 is 5.97 Å². The van der Waals surface area contributed by atoms with Gasteiger partial charge in [-0.1, -0.05) is 25.5 Å². The third kappa shape index (κ3) is 6.43. The van der Waals surface area contributed by atoms with Crippen LogP contribution in [0, 0.1) is 5.41 Å². The Bertz CT molecular complexity index is 471. The molecule has 0 saturated carbocycles. The van der Waals surface area contributed by atoms with Gasteiger partial charge >= 0.3 is 5.97 Å². The van der Waals surface area contributed by atoms with Gasteiger partial charge in [0, 0.05) is 0 Å². The predicted molar refractivity (Wildman–Crippen MR) is 84.2 cm³/mol. The second-order valence-electron chi connectivity index (χ2n) is 6.23. The number of benzene rings is 1. The number of alkyl halides is 1. The van der Waals surface area contributed by atoms with Gasteiger partial charge in [0.2, 0.25) is 0 Å². The highest BCUT2D eigenvalue weighted by molar-refractivity contribution is 5.75. The highest BCUT2D eigenvalue weighted by Gasteiger charge is 2.23. The second-order valence-corrected chi connectivity index (χ2v) is 6.23. The Morgan fingerprint density at radius 3 is 2.73 bits per heavy atom. The number of hydrogen-bond donors (Lipinski definition) is 1. The normalized spacial score (nSPS) is 12.8. The van der Waals surface area contributed by atoms with Crippen molar-refractivity contribution in [1.82, 2.24) is 5.48 Å². The Kier molecular flexibility index (Phi) is 7.32. The van der Waals surface area contributed by atoms with E-state index in [0.29, 0.717) is 17.9 Å². The van der Waals surface area contributed by atoms with E-state index >= 15 is 0 Å². The van der Waals surface area contributed by atoms with Crippen molar-refractivity contribution < 1.29 is 18.8 Å². The van der Waals surface area contributed by atoms with Crippen molar-refractivity contribution in [3.8, 4) is 5.75 Å². The quantitative estimate of drug-likeness (QED) is 0.583. The van der Waals surface area contributed by atoms with Crippen LogP contribution in [-0.4, -0.2) is 19.1 Å². The molecule has 1 N–H and O–H groups in total. The first-order chi connectivity index (χ1) is 10.3. The molecule has 0 radical (unpaired) electrons. The monoisotopic (exact) mass is 311 g/mol. The SMILES string of the molecule is CCCCOc1cccc(C(F)CNOC(=O)C(C)(C)C)c1. The molecule has 0 aliphatic carbocycles. The molecule has 1 unspecified atom stereocenters. The maximum absolute atomic E-state index is 14.1. The van der Waals surface area contributed by atoms with E-state index in [9.17, 15) is 9.18 Å². The van der Waals surface area contributed by atoms with E-state index in [4.69, 9.17) is 9.57 Å². The van der Waals surface area contributed by atoms with Crippen LogP contribution in [0.5, 0.6) is 5.75 Å². The van der Waals surface area contributed by atoms with E-state index in [-0.39, 0.29) is 6.54 Å². The summed E-state index contributed by atoms with van der Waals surface area (Å²) < 4.78 is 19.7. The van der Waals surface area contributed by atoms with Gasteiger partial charge in [-0.25, -0.2) is 9.18 Å². The fourth-order valence-electron chi connectivity index (χ4n) is 1.58. The number of hydrogen-bond acceptors (Lipinski definition) is 4. The number of unbranched alkanes of at least 4 members (excludes halogenated alkanes) is 1. The number of hydroxylamine groups is 1. The van der Waals surface area contributed by atoms with Gasteiger partial charge in [-0.05, 0) is 44.9 Å². The maximum Gasteiger partial charge on any atom is 0.329 e. The smallest absolute Gasteiger partial charge is 0.329 e. The molecular weight excluding hydrogens is 285 g/mol. The Labute approximate surface area is 132 Å². The van der Waals surface area contributed by atoms with Gasteiger partial charge in [-0.2, -0.15) is 0 Å².